The van der Waals surface area contributed by atoms with Crippen LogP contribution in [0.3, 0.4) is 0 Å². The maximum atomic E-state index is 13.0. The molecule has 2 aromatic carbocycles. The van der Waals surface area contributed by atoms with Crippen molar-refractivity contribution in [3.8, 4) is 5.75 Å². The molecule has 2 aromatic rings. The zero-order valence-electron chi connectivity index (χ0n) is 11.8. The van der Waals surface area contributed by atoms with Crippen LogP contribution >= 0.6 is 0 Å². The van der Waals surface area contributed by atoms with Crippen molar-refractivity contribution in [2.75, 3.05) is 6.61 Å². The van der Waals surface area contributed by atoms with Crippen LogP contribution in [0.1, 0.15) is 24.3 Å². The molecule has 1 atom stereocenters. The summed E-state index contributed by atoms with van der Waals surface area (Å²) in [6.45, 7) is 0.286. The zero-order chi connectivity index (χ0) is 15.9. The van der Waals surface area contributed by atoms with Gasteiger partial charge in [0.05, 0.1) is 12.5 Å². The van der Waals surface area contributed by atoms with Crippen molar-refractivity contribution in [2.24, 2.45) is 0 Å². The van der Waals surface area contributed by atoms with Gasteiger partial charge in [0, 0.05) is 6.07 Å². The number of carbonyl (C=O) groups is 1. The molecule has 0 aliphatic rings. The number of carboxylic acids is 1. The first-order valence-corrected chi connectivity index (χ1v) is 6.93. The molecule has 0 aliphatic carbocycles. The molecular weight excluding hydrogens is 290 g/mol. The van der Waals surface area contributed by atoms with E-state index in [2.05, 4.69) is 0 Å². The summed E-state index contributed by atoms with van der Waals surface area (Å²) >= 11 is 0. The number of rotatable bonds is 7. The Morgan fingerprint density at radius 1 is 1.09 bits per heavy atom. The highest BCUT2D eigenvalue weighted by molar-refractivity contribution is 5.75. The average molecular weight is 306 g/mol. The molecular formula is C17H16F2O3. The van der Waals surface area contributed by atoms with E-state index in [1.165, 1.54) is 36.4 Å². The standard InChI is InChI=1S/C17H16F2O3/c18-13-8-6-12(7-9-13)16(17(20)21)5-2-10-22-15-4-1-3-14(19)11-15/h1,3-4,6-9,11,16H,2,5,10H2,(H,20,21). The van der Waals surface area contributed by atoms with Gasteiger partial charge in [-0.3, -0.25) is 4.79 Å². The quantitative estimate of drug-likeness (QED) is 0.787. The second-order valence-electron chi connectivity index (χ2n) is 4.89. The minimum atomic E-state index is -0.961. The first-order chi connectivity index (χ1) is 10.6. The topological polar surface area (TPSA) is 46.5 Å². The number of halogens is 2. The van der Waals surface area contributed by atoms with Gasteiger partial charge in [0.15, 0.2) is 0 Å². The summed E-state index contributed by atoms with van der Waals surface area (Å²) in [6, 6.07) is 11.2. The summed E-state index contributed by atoms with van der Waals surface area (Å²) in [4.78, 5) is 11.3. The van der Waals surface area contributed by atoms with E-state index in [4.69, 9.17) is 4.74 Å². The van der Waals surface area contributed by atoms with E-state index >= 15 is 0 Å². The fraction of sp³-hybridized carbons (Fsp3) is 0.235. The molecule has 2 rings (SSSR count). The van der Waals surface area contributed by atoms with Crippen LogP contribution < -0.4 is 4.74 Å². The van der Waals surface area contributed by atoms with E-state index < -0.39 is 17.7 Å². The van der Waals surface area contributed by atoms with Crippen LogP contribution in [0.25, 0.3) is 0 Å². The molecule has 0 bridgehead atoms. The van der Waals surface area contributed by atoms with Gasteiger partial charge in [0.1, 0.15) is 17.4 Å². The van der Waals surface area contributed by atoms with E-state index in [0.29, 0.717) is 24.2 Å². The lowest BCUT2D eigenvalue weighted by Gasteiger charge is -2.13. The predicted molar refractivity (Wildman–Crippen MR) is 77.9 cm³/mol. The second-order valence-corrected chi connectivity index (χ2v) is 4.89. The molecule has 22 heavy (non-hydrogen) atoms. The molecule has 5 heteroatoms. The molecule has 0 saturated carbocycles. The van der Waals surface area contributed by atoms with Gasteiger partial charge in [-0.05, 0) is 42.7 Å². The van der Waals surface area contributed by atoms with Crippen LogP contribution in [-0.2, 0) is 4.79 Å². The number of benzene rings is 2. The molecule has 116 valence electrons. The van der Waals surface area contributed by atoms with Gasteiger partial charge in [0.2, 0.25) is 0 Å². The average Bonchev–Trinajstić information content (AvgIpc) is 2.48. The summed E-state index contributed by atoms with van der Waals surface area (Å²) in [5.74, 6) is -2.04. The molecule has 0 saturated heterocycles. The van der Waals surface area contributed by atoms with Gasteiger partial charge in [-0.25, -0.2) is 8.78 Å². The van der Waals surface area contributed by atoms with Gasteiger partial charge >= 0.3 is 5.97 Å². The zero-order valence-corrected chi connectivity index (χ0v) is 11.8. The Morgan fingerprint density at radius 3 is 2.45 bits per heavy atom. The van der Waals surface area contributed by atoms with E-state index in [9.17, 15) is 18.7 Å². The van der Waals surface area contributed by atoms with Crippen LogP contribution in [0.4, 0.5) is 8.78 Å². The van der Waals surface area contributed by atoms with E-state index in [1.54, 1.807) is 12.1 Å². The number of hydrogen-bond donors (Lipinski definition) is 1. The Hall–Kier alpha value is -2.43. The molecule has 1 unspecified atom stereocenters. The summed E-state index contributed by atoms with van der Waals surface area (Å²) in [5, 5.41) is 9.26. The Kier molecular flexibility index (Phi) is 5.47. The van der Waals surface area contributed by atoms with Crippen LogP contribution in [-0.4, -0.2) is 17.7 Å². The number of carboxylic acid groups (broad SMARTS) is 1. The summed E-state index contributed by atoms with van der Waals surface area (Å²) in [6.07, 6.45) is 0.848. The van der Waals surface area contributed by atoms with Gasteiger partial charge in [-0.1, -0.05) is 18.2 Å². The molecule has 0 spiro atoms. The maximum Gasteiger partial charge on any atom is 0.310 e. The van der Waals surface area contributed by atoms with Gasteiger partial charge in [-0.2, -0.15) is 0 Å². The fourth-order valence-corrected chi connectivity index (χ4v) is 2.16. The summed E-state index contributed by atoms with van der Waals surface area (Å²) in [5.41, 5.74) is 0.555. The molecule has 1 N–H and O–H groups in total. The van der Waals surface area contributed by atoms with E-state index in [-0.39, 0.29) is 12.4 Å². The van der Waals surface area contributed by atoms with Gasteiger partial charge < -0.3 is 9.84 Å². The first-order valence-electron chi connectivity index (χ1n) is 6.93. The summed E-state index contributed by atoms with van der Waals surface area (Å²) in [7, 11) is 0. The van der Waals surface area contributed by atoms with Crippen LogP contribution in [0, 0.1) is 11.6 Å². The minimum Gasteiger partial charge on any atom is -0.493 e. The largest absolute Gasteiger partial charge is 0.493 e. The highest BCUT2D eigenvalue weighted by Gasteiger charge is 2.19. The van der Waals surface area contributed by atoms with Crippen molar-refractivity contribution in [3.05, 3.63) is 65.7 Å². The molecule has 0 fully saturated rings. The highest BCUT2D eigenvalue weighted by Crippen LogP contribution is 2.22. The fourth-order valence-electron chi connectivity index (χ4n) is 2.16. The van der Waals surface area contributed by atoms with Crippen molar-refractivity contribution in [1.82, 2.24) is 0 Å². The van der Waals surface area contributed by atoms with Crippen molar-refractivity contribution in [3.63, 3.8) is 0 Å². The Labute approximate surface area is 127 Å². The normalized spacial score (nSPS) is 11.9. The minimum absolute atomic E-state index is 0.286. The number of ether oxygens (including phenoxy) is 1. The van der Waals surface area contributed by atoms with Crippen LogP contribution in [0.2, 0.25) is 0 Å². The highest BCUT2D eigenvalue weighted by atomic mass is 19.1. The molecule has 0 heterocycles. The monoisotopic (exact) mass is 306 g/mol. The molecule has 0 amide bonds. The smallest absolute Gasteiger partial charge is 0.310 e. The van der Waals surface area contributed by atoms with Crippen LogP contribution in [0.15, 0.2) is 48.5 Å². The molecule has 0 aromatic heterocycles. The van der Waals surface area contributed by atoms with Crippen molar-refractivity contribution >= 4 is 5.97 Å². The van der Waals surface area contributed by atoms with E-state index in [1.807, 2.05) is 0 Å². The Morgan fingerprint density at radius 2 is 1.82 bits per heavy atom. The number of aliphatic carboxylic acids is 1. The van der Waals surface area contributed by atoms with Crippen molar-refractivity contribution in [1.29, 1.82) is 0 Å². The summed E-state index contributed by atoms with van der Waals surface area (Å²) < 4.78 is 31.2. The lowest BCUT2D eigenvalue weighted by atomic mass is 9.94. The Balaban J connectivity index is 1.87. The first kappa shape index (κ1) is 15.9. The molecule has 3 nitrogen and oxygen atoms in total. The van der Waals surface area contributed by atoms with Crippen LogP contribution in [0.5, 0.6) is 5.75 Å². The van der Waals surface area contributed by atoms with Crippen molar-refractivity contribution in [2.45, 2.75) is 18.8 Å². The third kappa shape index (κ3) is 4.55. The molecule has 0 aliphatic heterocycles. The van der Waals surface area contributed by atoms with Crippen molar-refractivity contribution < 1.29 is 23.4 Å². The number of hydrogen-bond acceptors (Lipinski definition) is 2. The second kappa shape index (κ2) is 7.54. The van der Waals surface area contributed by atoms with Gasteiger partial charge in [-0.15, -0.1) is 0 Å². The maximum absolute atomic E-state index is 13.0. The lowest BCUT2D eigenvalue weighted by Crippen LogP contribution is -2.13. The predicted octanol–water partition coefficient (Wildman–Crippen LogP) is 3.99. The molecule has 0 radical (unpaired) electrons. The Bertz CT molecular complexity index is 626. The van der Waals surface area contributed by atoms with Gasteiger partial charge in [0.25, 0.3) is 0 Å². The van der Waals surface area contributed by atoms with E-state index in [0.717, 1.165) is 0 Å². The third-order valence-corrected chi connectivity index (χ3v) is 3.27. The third-order valence-electron chi connectivity index (χ3n) is 3.27. The SMILES string of the molecule is O=C(O)C(CCCOc1cccc(F)c1)c1ccc(F)cc1. The lowest BCUT2D eigenvalue weighted by molar-refractivity contribution is -0.139.